The topological polar surface area (TPSA) is 90.9 Å². The van der Waals surface area contributed by atoms with E-state index in [-0.39, 0.29) is 5.91 Å². The number of nitrogens with one attached hydrogen (secondary N) is 1. The highest BCUT2D eigenvalue weighted by molar-refractivity contribution is 7.99. The smallest absolute Gasteiger partial charge is 0.233 e. The van der Waals surface area contributed by atoms with Gasteiger partial charge in [0, 0.05) is 38.6 Å². The molecule has 0 saturated carbocycles. The Hall–Kier alpha value is -3.20. The van der Waals surface area contributed by atoms with Crippen LogP contribution >= 0.6 is 11.8 Å². The van der Waals surface area contributed by atoms with Crippen molar-refractivity contribution in [2.24, 2.45) is 0 Å². The molecular weight excluding hydrogens is 386 g/mol. The number of carbonyl (C=O) groups excluding carboxylic acids is 1. The van der Waals surface area contributed by atoms with Crippen LogP contribution in [-0.4, -0.2) is 67.9 Å². The molecule has 1 aromatic carbocycles. The van der Waals surface area contributed by atoms with Gasteiger partial charge in [0.15, 0.2) is 0 Å². The fraction of sp³-hybridized carbons (Fsp3) is 0.250. The summed E-state index contributed by atoms with van der Waals surface area (Å²) in [5.74, 6) is 1.94. The van der Waals surface area contributed by atoms with Crippen LogP contribution in [0.3, 0.4) is 0 Å². The van der Waals surface area contributed by atoms with Crippen LogP contribution in [-0.2, 0) is 4.79 Å². The summed E-state index contributed by atoms with van der Waals surface area (Å²) in [7, 11) is 0. The maximum atomic E-state index is 12.5. The average molecular weight is 408 g/mol. The van der Waals surface area contributed by atoms with Gasteiger partial charge >= 0.3 is 0 Å². The van der Waals surface area contributed by atoms with E-state index < -0.39 is 0 Å². The summed E-state index contributed by atoms with van der Waals surface area (Å²) in [4.78, 5) is 29.4. The molecule has 8 nitrogen and oxygen atoms in total. The van der Waals surface area contributed by atoms with E-state index in [2.05, 4.69) is 30.0 Å². The molecule has 1 fully saturated rings. The second kappa shape index (κ2) is 9.33. The van der Waals surface area contributed by atoms with E-state index in [1.54, 1.807) is 18.6 Å². The van der Waals surface area contributed by atoms with Crippen LogP contribution in [0.2, 0.25) is 0 Å². The number of rotatable bonds is 6. The van der Waals surface area contributed by atoms with Gasteiger partial charge in [0.05, 0.1) is 11.9 Å². The number of aromatic nitrogens is 5. The molecule has 0 spiro atoms. The molecule has 1 N–H and O–H groups in total. The third-order valence-electron chi connectivity index (χ3n) is 4.55. The third-order valence-corrected chi connectivity index (χ3v) is 5.38. The molecule has 0 unspecified atom stereocenters. The van der Waals surface area contributed by atoms with Gasteiger partial charge in [-0.3, -0.25) is 14.9 Å². The number of H-pyrrole nitrogens is 1. The Morgan fingerprint density at radius 3 is 2.69 bits per heavy atom. The van der Waals surface area contributed by atoms with Crippen LogP contribution < -0.4 is 4.90 Å². The maximum absolute atomic E-state index is 12.5. The average Bonchev–Trinajstić information content (AvgIpc) is 3.25. The van der Waals surface area contributed by atoms with Crippen LogP contribution in [0.5, 0.6) is 0 Å². The summed E-state index contributed by atoms with van der Waals surface area (Å²) < 4.78 is 0. The molecule has 4 rings (SSSR count). The first-order chi connectivity index (χ1) is 14.3. The molecule has 0 aliphatic carbocycles. The Morgan fingerprint density at radius 2 is 1.93 bits per heavy atom. The molecule has 148 valence electrons. The lowest BCUT2D eigenvalue weighted by atomic mass is 10.2. The van der Waals surface area contributed by atoms with Crippen LogP contribution in [0.15, 0.2) is 54.1 Å². The number of thioether (sulfide) groups is 1. The van der Waals surface area contributed by atoms with Gasteiger partial charge in [-0.05, 0) is 11.6 Å². The molecule has 3 aromatic rings. The van der Waals surface area contributed by atoms with Crippen molar-refractivity contribution in [2.75, 3.05) is 36.8 Å². The van der Waals surface area contributed by atoms with E-state index >= 15 is 0 Å². The molecule has 2 aromatic heterocycles. The monoisotopic (exact) mass is 407 g/mol. The van der Waals surface area contributed by atoms with Gasteiger partial charge < -0.3 is 9.80 Å². The molecule has 29 heavy (non-hydrogen) atoms. The Kier molecular flexibility index (Phi) is 6.16. The first kappa shape index (κ1) is 19.1. The third kappa shape index (κ3) is 5.20. The molecule has 3 heterocycles. The lowest BCUT2D eigenvalue weighted by Gasteiger charge is -2.35. The molecule has 1 aliphatic heterocycles. The Labute approximate surface area is 173 Å². The van der Waals surface area contributed by atoms with Gasteiger partial charge in [0.1, 0.15) is 11.6 Å². The standard InChI is InChI=1S/C20H21N7OS/c28-19(27-12-10-26(11-13-27)18-14-21-8-9-22-18)15-29-20-23-17(24-25-20)7-6-16-4-2-1-3-5-16/h1-9,14H,10-13,15H2,(H,23,24,25)/b7-6+. The van der Waals surface area contributed by atoms with Crippen LogP contribution in [0.25, 0.3) is 12.2 Å². The van der Waals surface area contributed by atoms with Crippen molar-refractivity contribution in [3.8, 4) is 0 Å². The highest BCUT2D eigenvalue weighted by Gasteiger charge is 2.22. The van der Waals surface area contributed by atoms with Crippen LogP contribution in [0.4, 0.5) is 5.82 Å². The summed E-state index contributed by atoms with van der Waals surface area (Å²) in [6.07, 6.45) is 8.94. The molecule has 0 atom stereocenters. The van der Waals surface area contributed by atoms with Crippen molar-refractivity contribution < 1.29 is 4.79 Å². The van der Waals surface area contributed by atoms with Gasteiger partial charge in [-0.15, -0.1) is 5.10 Å². The van der Waals surface area contributed by atoms with E-state index in [9.17, 15) is 4.79 Å². The van der Waals surface area contributed by atoms with Crippen molar-refractivity contribution >= 4 is 35.6 Å². The van der Waals surface area contributed by atoms with Gasteiger partial charge in [0.25, 0.3) is 0 Å². The maximum Gasteiger partial charge on any atom is 0.233 e. The van der Waals surface area contributed by atoms with Crippen molar-refractivity contribution in [1.82, 2.24) is 30.0 Å². The van der Waals surface area contributed by atoms with Crippen molar-refractivity contribution in [3.05, 3.63) is 60.3 Å². The first-order valence-electron chi connectivity index (χ1n) is 9.35. The summed E-state index contributed by atoms with van der Waals surface area (Å²) in [5, 5.41) is 7.64. The summed E-state index contributed by atoms with van der Waals surface area (Å²) in [5.41, 5.74) is 1.09. The zero-order valence-corrected chi connectivity index (χ0v) is 16.6. The Morgan fingerprint density at radius 1 is 1.10 bits per heavy atom. The van der Waals surface area contributed by atoms with E-state index in [0.29, 0.717) is 29.8 Å². The van der Waals surface area contributed by atoms with Crippen LogP contribution in [0, 0.1) is 0 Å². The second-order valence-corrected chi connectivity index (χ2v) is 7.41. The molecule has 0 radical (unpaired) electrons. The number of aromatic amines is 1. The highest BCUT2D eigenvalue weighted by Crippen LogP contribution is 2.16. The largest absolute Gasteiger partial charge is 0.352 e. The predicted molar refractivity (Wildman–Crippen MR) is 113 cm³/mol. The quantitative estimate of drug-likeness (QED) is 0.627. The minimum Gasteiger partial charge on any atom is -0.352 e. The molecule has 1 aliphatic rings. The van der Waals surface area contributed by atoms with Gasteiger partial charge in [-0.25, -0.2) is 9.97 Å². The van der Waals surface area contributed by atoms with Gasteiger partial charge in [0.2, 0.25) is 11.1 Å². The highest BCUT2D eigenvalue weighted by atomic mass is 32.2. The normalized spacial score (nSPS) is 14.5. The van der Waals surface area contributed by atoms with Crippen molar-refractivity contribution in [3.63, 3.8) is 0 Å². The van der Waals surface area contributed by atoms with Crippen LogP contribution in [0.1, 0.15) is 11.4 Å². The van der Waals surface area contributed by atoms with Gasteiger partial charge in [-0.1, -0.05) is 48.2 Å². The number of amides is 1. The van der Waals surface area contributed by atoms with Crippen molar-refractivity contribution in [1.29, 1.82) is 0 Å². The van der Waals surface area contributed by atoms with Gasteiger partial charge in [-0.2, -0.15) is 0 Å². The number of hydrogen-bond acceptors (Lipinski definition) is 7. The lowest BCUT2D eigenvalue weighted by Crippen LogP contribution is -2.49. The number of carbonyl (C=O) groups is 1. The SMILES string of the molecule is O=C(CSc1n[nH]c(/C=C/c2ccccc2)n1)N1CCN(c2cnccn2)CC1. The number of benzene rings is 1. The van der Waals surface area contributed by atoms with E-state index in [4.69, 9.17) is 0 Å². The summed E-state index contributed by atoms with van der Waals surface area (Å²) in [6, 6.07) is 9.99. The number of anilines is 1. The first-order valence-corrected chi connectivity index (χ1v) is 10.3. The lowest BCUT2D eigenvalue weighted by molar-refractivity contribution is -0.128. The molecule has 1 amide bonds. The van der Waals surface area contributed by atoms with E-state index in [1.165, 1.54) is 11.8 Å². The zero-order chi connectivity index (χ0) is 19.9. The Balaban J connectivity index is 1.24. The fourth-order valence-corrected chi connectivity index (χ4v) is 3.70. The van der Waals surface area contributed by atoms with E-state index in [0.717, 1.165) is 24.5 Å². The number of hydrogen-bond donors (Lipinski definition) is 1. The second-order valence-electron chi connectivity index (χ2n) is 6.47. The molecule has 0 bridgehead atoms. The zero-order valence-electron chi connectivity index (χ0n) is 15.8. The van der Waals surface area contributed by atoms with Crippen molar-refractivity contribution in [2.45, 2.75) is 5.16 Å². The Bertz CT molecular complexity index is 953. The predicted octanol–water partition coefficient (Wildman–Crippen LogP) is 2.21. The molecule has 9 heteroatoms. The minimum absolute atomic E-state index is 0.0972. The number of nitrogens with zero attached hydrogens (tertiary/aromatic N) is 6. The molecule has 1 saturated heterocycles. The fourth-order valence-electron chi connectivity index (χ4n) is 2.99. The minimum atomic E-state index is 0.0972. The van der Waals surface area contributed by atoms with E-state index in [1.807, 2.05) is 47.4 Å². The number of piperazine rings is 1. The summed E-state index contributed by atoms with van der Waals surface area (Å²) >= 11 is 1.35. The molecular formula is C20H21N7OS. The summed E-state index contributed by atoms with van der Waals surface area (Å²) in [6.45, 7) is 2.86.